The molecule has 0 bridgehead atoms. The Bertz CT molecular complexity index is 210. The monoisotopic (exact) mass is 182 g/mol. The van der Waals surface area contributed by atoms with Crippen LogP contribution in [0, 0.1) is 11.3 Å². The van der Waals surface area contributed by atoms with Crippen LogP contribution in [0.4, 0.5) is 0 Å². The van der Waals surface area contributed by atoms with E-state index in [1.807, 2.05) is 6.08 Å². The topological polar surface area (TPSA) is 37.3 Å². The van der Waals surface area contributed by atoms with Gasteiger partial charge in [-0.2, -0.15) is 0 Å². The minimum atomic E-state index is -0.700. The van der Waals surface area contributed by atoms with Gasteiger partial charge >= 0.3 is 5.97 Å². The number of carboxylic acid groups (broad SMARTS) is 1. The Kier molecular flexibility index (Phi) is 3.12. The lowest BCUT2D eigenvalue weighted by Gasteiger charge is -2.36. The van der Waals surface area contributed by atoms with Gasteiger partial charge in [0.25, 0.3) is 0 Å². The SMILES string of the molecule is C=CC1(CC(=O)O)CCCC(C)C1. The average Bonchev–Trinajstić information content (AvgIpc) is 2.03. The highest BCUT2D eigenvalue weighted by molar-refractivity contribution is 5.68. The molecule has 2 nitrogen and oxygen atoms in total. The third-order valence-corrected chi connectivity index (χ3v) is 3.06. The van der Waals surface area contributed by atoms with Crippen molar-refractivity contribution in [3.63, 3.8) is 0 Å². The summed E-state index contributed by atoms with van der Waals surface area (Å²) in [7, 11) is 0. The third-order valence-electron chi connectivity index (χ3n) is 3.06. The number of carboxylic acids is 1. The summed E-state index contributed by atoms with van der Waals surface area (Å²) in [5.41, 5.74) is -0.122. The van der Waals surface area contributed by atoms with Crippen molar-refractivity contribution in [3.05, 3.63) is 12.7 Å². The summed E-state index contributed by atoms with van der Waals surface area (Å²) in [6, 6.07) is 0. The zero-order valence-electron chi connectivity index (χ0n) is 8.25. The van der Waals surface area contributed by atoms with Gasteiger partial charge in [0.2, 0.25) is 0 Å². The largest absolute Gasteiger partial charge is 0.481 e. The van der Waals surface area contributed by atoms with Crippen molar-refractivity contribution in [2.75, 3.05) is 0 Å². The van der Waals surface area contributed by atoms with E-state index >= 15 is 0 Å². The molecule has 1 aliphatic carbocycles. The summed E-state index contributed by atoms with van der Waals surface area (Å²) < 4.78 is 0. The lowest BCUT2D eigenvalue weighted by atomic mass is 9.68. The Morgan fingerprint density at radius 3 is 2.92 bits per heavy atom. The van der Waals surface area contributed by atoms with Gasteiger partial charge in [-0.1, -0.05) is 25.8 Å². The van der Waals surface area contributed by atoms with Gasteiger partial charge in [0.15, 0.2) is 0 Å². The van der Waals surface area contributed by atoms with Gasteiger partial charge in [-0.3, -0.25) is 4.79 Å². The average molecular weight is 182 g/mol. The first kappa shape index (κ1) is 10.3. The predicted molar refractivity (Wildman–Crippen MR) is 52.5 cm³/mol. The molecule has 0 radical (unpaired) electrons. The molecule has 0 heterocycles. The molecule has 0 aromatic carbocycles. The molecule has 0 spiro atoms. The van der Waals surface area contributed by atoms with E-state index < -0.39 is 5.97 Å². The Labute approximate surface area is 79.6 Å². The van der Waals surface area contributed by atoms with E-state index in [9.17, 15) is 4.79 Å². The van der Waals surface area contributed by atoms with Gasteiger partial charge in [-0.05, 0) is 24.2 Å². The van der Waals surface area contributed by atoms with E-state index in [0.717, 1.165) is 19.3 Å². The number of hydrogen-bond donors (Lipinski definition) is 1. The lowest BCUT2D eigenvalue weighted by molar-refractivity contribution is -0.139. The Balaban J connectivity index is 2.67. The molecule has 2 unspecified atom stereocenters. The van der Waals surface area contributed by atoms with E-state index in [1.54, 1.807) is 0 Å². The van der Waals surface area contributed by atoms with Crippen molar-refractivity contribution in [2.24, 2.45) is 11.3 Å². The third kappa shape index (κ3) is 2.58. The molecule has 1 saturated carbocycles. The van der Waals surface area contributed by atoms with Gasteiger partial charge in [-0.15, -0.1) is 6.58 Å². The van der Waals surface area contributed by atoms with Gasteiger partial charge in [0.1, 0.15) is 0 Å². The van der Waals surface area contributed by atoms with Crippen LogP contribution in [0.15, 0.2) is 12.7 Å². The fraction of sp³-hybridized carbons (Fsp3) is 0.727. The van der Waals surface area contributed by atoms with Crippen LogP contribution in [0.5, 0.6) is 0 Å². The number of aliphatic carboxylic acids is 1. The van der Waals surface area contributed by atoms with Crippen LogP contribution in [-0.4, -0.2) is 11.1 Å². The first-order chi connectivity index (χ1) is 6.08. The standard InChI is InChI=1S/C11H18O2/c1-3-11(8-10(12)13)6-4-5-9(2)7-11/h3,9H,1,4-8H2,2H3,(H,12,13). The first-order valence-corrected chi connectivity index (χ1v) is 4.93. The van der Waals surface area contributed by atoms with Crippen molar-refractivity contribution in [2.45, 2.75) is 39.0 Å². The number of carbonyl (C=O) groups is 1. The Hall–Kier alpha value is -0.790. The number of rotatable bonds is 3. The molecule has 1 aliphatic rings. The molecule has 13 heavy (non-hydrogen) atoms. The van der Waals surface area contributed by atoms with Crippen molar-refractivity contribution < 1.29 is 9.90 Å². The van der Waals surface area contributed by atoms with E-state index in [1.165, 1.54) is 6.42 Å². The van der Waals surface area contributed by atoms with Gasteiger partial charge in [0.05, 0.1) is 6.42 Å². The van der Waals surface area contributed by atoms with Crippen LogP contribution in [0.3, 0.4) is 0 Å². The second-order valence-corrected chi connectivity index (χ2v) is 4.34. The second kappa shape index (κ2) is 3.95. The molecule has 0 saturated heterocycles. The maximum atomic E-state index is 10.7. The van der Waals surface area contributed by atoms with Gasteiger partial charge < -0.3 is 5.11 Å². The molecule has 2 heteroatoms. The molecule has 0 aromatic heterocycles. The highest BCUT2D eigenvalue weighted by Crippen LogP contribution is 2.42. The molecular formula is C11H18O2. The minimum Gasteiger partial charge on any atom is -0.481 e. The summed E-state index contributed by atoms with van der Waals surface area (Å²) >= 11 is 0. The Morgan fingerprint density at radius 1 is 1.77 bits per heavy atom. The molecule has 1 N–H and O–H groups in total. The molecule has 0 amide bonds. The van der Waals surface area contributed by atoms with E-state index in [-0.39, 0.29) is 11.8 Å². The molecule has 1 fully saturated rings. The van der Waals surface area contributed by atoms with E-state index in [0.29, 0.717) is 5.92 Å². The summed E-state index contributed by atoms with van der Waals surface area (Å²) in [6.07, 6.45) is 6.46. The molecule has 0 aromatic rings. The summed E-state index contributed by atoms with van der Waals surface area (Å²) in [4.78, 5) is 10.7. The predicted octanol–water partition coefficient (Wildman–Crippen LogP) is 2.84. The number of hydrogen-bond acceptors (Lipinski definition) is 1. The fourth-order valence-corrected chi connectivity index (χ4v) is 2.42. The van der Waals surface area contributed by atoms with Crippen molar-refractivity contribution in [1.29, 1.82) is 0 Å². The highest BCUT2D eigenvalue weighted by Gasteiger charge is 2.33. The highest BCUT2D eigenvalue weighted by atomic mass is 16.4. The fourth-order valence-electron chi connectivity index (χ4n) is 2.42. The van der Waals surface area contributed by atoms with Crippen LogP contribution in [-0.2, 0) is 4.79 Å². The van der Waals surface area contributed by atoms with Gasteiger partial charge in [-0.25, -0.2) is 0 Å². The maximum absolute atomic E-state index is 10.7. The van der Waals surface area contributed by atoms with Crippen molar-refractivity contribution >= 4 is 5.97 Å². The summed E-state index contributed by atoms with van der Waals surface area (Å²) in [6.45, 7) is 5.97. The maximum Gasteiger partial charge on any atom is 0.304 e. The van der Waals surface area contributed by atoms with Crippen LogP contribution >= 0.6 is 0 Å². The molecule has 1 rings (SSSR count). The first-order valence-electron chi connectivity index (χ1n) is 4.93. The lowest BCUT2D eigenvalue weighted by Crippen LogP contribution is -2.28. The van der Waals surface area contributed by atoms with Crippen LogP contribution in [0.25, 0.3) is 0 Å². The molecule has 0 aliphatic heterocycles. The molecule has 74 valence electrons. The van der Waals surface area contributed by atoms with Gasteiger partial charge in [0, 0.05) is 0 Å². The molecular weight excluding hydrogens is 164 g/mol. The summed E-state index contributed by atoms with van der Waals surface area (Å²) in [5, 5.41) is 8.80. The van der Waals surface area contributed by atoms with Crippen LogP contribution in [0.2, 0.25) is 0 Å². The quantitative estimate of drug-likeness (QED) is 0.681. The van der Waals surface area contributed by atoms with E-state index in [2.05, 4.69) is 13.5 Å². The minimum absolute atomic E-state index is 0.122. The number of allylic oxidation sites excluding steroid dienone is 1. The zero-order chi connectivity index (χ0) is 9.90. The normalized spacial score (nSPS) is 34.1. The molecule has 2 atom stereocenters. The van der Waals surface area contributed by atoms with Crippen molar-refractivity contribution in [3.8, 4) is 0 Å². The van der Waals surface area contributed by atoms with E-state index in [4.69, 9.17) is 5.11 Å². The van der Waals surface area contributed by atoms with Crippen molar-refractivity contribution in [1.82, 2.24) is 0 Å². The smallest absolute Gasteiger partial charge is 0.304 e. The zero-order valence-corrected chi connectivity index (χ0v) is 8.25. The Morgan fingerprint density at radius 2 is 2.46 bits per heavy atom. The summed E-state index contributed by atoms with van der Waals surface area (Å²) in [5.74, 6) is -0.0555. The van der Waals surface area contributed by atoms with Crippen LogP contribution < -0.4 is 0 Å². The second-order valence-electron chi connectivity index (χ2n) is 4.34. The van der Waals surface area contributed by atoms with Crippen LogP contribution in [0.1, 0.15) is 39.0 Å².